The van der Waals surface area contributed by atoms with Crippen LogP contribution in [0.1, 0.15) is 49.3 Å². The molecule has 2 aliphatic rings. The van der Waals surface area contributed by atoms with Gasteiger partial charge in [0.25, 0.3) is 0 Å². The molecule has 1 amide bonds. The van der Waals surface area contributed by atoms with Crippen LogP contribution in [-0.2, 0) is 24.3 Å². The van der Waals surface area contributed by atoms with Gasteiger partial charge in [0.1, 0.15) is 11.3 Å². The van der Waals surface area contributed by atoms with Crippen LogP contribution in [0.4, 0.5) is 0 Å². The van der Waals surface area contributed by atoms with Crippen molar-refractivity contribution >= 4 is 16.9 Å². The van der Waals surface area contributed by atoms with Crippen LogP contribution in [0.25, 0.3) is 11.0 Å². The zero-order valence-corrected chi connectivity index (χ0v) is 16.0. The fourth-order valence-electron chi connectivity index (χ4n) is 4.57. The Morgan fingerprint density at radius 3 is 2.96 bits per heavy atom. The lowest BCUT2D eigenvalue weighted by atomic mass is 9.94. The summed E-state index contributed by atoms with van der Waals surface area (Å²) >= 11 is 0. The number of hydrogen-bond acceptors (Lipinski definition) is 4. The second-order valence-electron chi connectivity index (χ2n) is 8.05. The predicted molar refractivity (Wildman–Crippen MR) is 107 cm³/mol. The molecule has 1 aliphatic heterocycles. The minimum atomic E-state index is -0.217. The van der Waals surface area contributed by atoms with E-state index in [9.17, 15) is 4.79 Å². The van der Waals surface area contributed by atoms with Crippen molar-refractivity contribution in [1.29, 1.82) is 0 Å². The summed E-state index contributed by atoms with van der Waals surface area (Å²) in [7, 11) is 0. The van der Waals surface area contributed by atoms with E-state index in [0.717, 1.165) is 41.0 Å². The SMILES string of the molecule is O=C(NC1CCCCC1)C1Cc2nc[nH]c2CN1Cc1cc2ccccc2o1. The van der Waals surface area contributed by atoms with Crippen molar-refractivity contribution in [1.82, 2.24) is 20.2 Å². The van der Waals surface area contributed by atoms with Crippen LogP contribution < -0.4 is 5.32 Å². The Hall–Kier alpha value is -2.60. The van der Waals surface area contributed by atoms with E-state index in [2.05, 4.69) is 32.3 Å². The van der Waals surface area contributed by atoms with Crippen LogP contribution in [-0.4, -0.2) is 32.9 Å². The van der Waals surface area contributed by atoms with E-state index in [1.165, 1.54) is 19.3 Å². The first-order chi connectivity index (χ1) is 13.8. The number of benzene rings is 1. The number of para-hydroxylation sites is 1. The standard InChI is InChI=1S/C22H26N4O2/c27-22(25-16-7-2-1-3-8-16)20-11-18-19(24-14-23-18)13-26(20)12-17-10-15-6-4-5-9-21(15)28-17/h4-6,9-10,14,16,20H,1-3,7-8,11-13H2,(H,23,24)(H,25,27). The van der Waals surface area contributed by atoms with E-state index in [4.69, 9.17) is 4.42 Å². The van der Waals surface area contributed by atoms with E-state index in [1.807, 2.05) is 18.2 Å². The number of furan rings is 1. The van der Waals surface area contributed by atoms with Crippen LogP contribution >= 0.6 is 0 Å². The smallest absolute Gasteiger partial charge is 0.238 e. The van der Waals surface area contributed by atoms with Gasteiger partial charge in [0.15, 0.2) is 0 Å². The Balaban J connectivity index is 1.37. The number of amides is 1. The van der Waals surface area contributed by atoms with Gasteiger partial charge in [0.2, 0.25) is 5.91 Å². The van der Waals surface area contributed by atoms with E-state index >= 15 is 0 Å². The zero-order chi connectivity index (χ0) is 18.9. The molecule has 0 saturated heterocycles. The lowest BCUT2D eigenvalue weighted by Crippen LogP contribution is -2.52. The first kappa shape index (κ1) is 17.5. The molecule has 1 aromatic carbocycles. The lowest BCUT2D eigenvalue weighted by molar-refractivity contribution is -0.128. The minimum absolute atomic E-state index is 0.122. The maximum absolute atomic E-state index is 13.1. The zero-order valence-electron chi connectivity index (χ0n) is 16.0. The second kappa shape index (κ2) is 7.43. The van der Waals surface area contributed by atoms with Crippen LogP contribution in [0, 0.1) is 0 Å². The number of H-pyrrole nitrogens is 1. The Morgan fingerprint density at radius 2 is 2.11 bits per heavy atom. The number of carbonyl (C=O) groups excluding carboxylic acids is 1. The predicted octanol–water partition coefficient (Wildman–Crippen LogP) is 3.53. The van der Waals surface area contributed by atoms with Crippen molar-refractivity contribution in [2.45, 2.75) is 63.7 Å². The van der Waals surface area contributed by atoms with Crippen LogP contribution in [0.3, 0.4) is 0 Å². The molecule has 1 atom stereocenters. The largest absolute Gasteiger partial charge is 0.460 e. The normalized spacial score (nSPS) is 20.9. The third-order valence-corrected chi connectivity index (χ3v) is 6.09. The summed E-state index contributed by atoms with van der Waals surface area (Å²) < 4.78 is 6.02. The van der Waals surface area contributed by atoms with Gasteiger partial charge in [-0.1, -0.05) is 37.5 Å². The number of aromatic amines is 1. The molecule has 1 aliphatic carbocycles. The molecule has 6 nitrogen and oxygen atoms in total. The molecule has 1 unspecified atom stereocenters. The van der Waals surface area contributed by atoms with Gasteiger partial charge in [-0.25, -0.2) is 4.98 Å². The van der Waals surface area contributed by atoms with Gasteiger partial charge >= 0.3 is 0 Å². The topological polar surface area (TPSA) is 74.2 Å². The molecule has 6 heteroatoms. The highest BCUT2D eigenvalue weighted by molar-refractivity contribution is 5.82. The highest BCUT2D eigenvalue weighted by atomic mass is 16.3. The number of nitrogens with zero attached hydrogens (tertiary/aromatic N) is 2. The minimum Gasteiger partial charge on any atom is -0.460 e. The van der Waals surface area contributed by atoms with Gasteiger partial charge in [-0.3, -0.25) is 9.69 Å². The van der Waals surface area contributed by atoms with Gasteiger partial charge in [0, 0.05) is 24.4 Å². The van der Waals surface area contributed by atoms with E-state index in [1.54, 1.807) is 6.33 Å². The van der Waals surface area contributed by atoms with Gasteiger partial charge in [0.05, 0.1) is 30.3 Å². The molecule has 2 N–H and O–H groups in total. The van der Waals surface area contributed by atoms with Crippen LogP contribution in [0.2, 0.25) is 0 Å². The van der Waals surface area contributed by atoms with Gasteiger partial charge < -0.3 is 14.7 Å². The van der Waals surface area contributed by atoms with Gasteiger partial charge in [-0.05, 0) is 25.0 Å². The van der Waals surface area contributed by atoms with Gasteiger partial charge in [-0.2, -0.15) is 0 Å². The summed E-state index contributed by atoms with van der Waals surface area (Å²) in [5, 5.41) is 4.40. The number of fused-ring (bicyclic) bond motifs is 2. The lowest BCUT2D eigenvalue weighted by Gasteiger charge is -2.35. The fraction of sp³-hybridized carbons (Fsp3) is 0.455. The second-order valence-corrected chi connectivity index (χ2v) is 8.05. The number of aromatic nitrogens is 2. The quantitative estimate of drug-likeness (QED) is 0.728. The number of rotatable bonds is 4. The third kappa shape index (κ3) is 3.44. The molecule has 28 heavy (non-hydrogen) atoms. The summed E-state index contributed by atoms with van der Waals surface area (Å²) in [5.74, 6) is 1.01. The van der Waals surface area contributed by atoms with E-state index in [-0.39, 0.29) is 11.9 Å². The number of imidazole rings is 1. The Kier molecular flexibility index (Phi) is 4.64. The molecule has 1 saturated carbocycles. The molecule has 0 bridgehead atoms. The van der Waals surface area contributed by atoms with Crippen molar-refractivity contribution in [3.8, 4) is 0 Å². The summed E-state index contributed by atoms with van der Waals surface area (Å²) in [6, 6.07) is 10.2. The number of hydrogen-bond donors (Lipinski definition) is 2. The van der Waals surface area contributed by atoms with E-state index in [0.29, 0.717) is 25.6 Å². The van der Waals surface area contributed by atoms with Crippen molar-refractivity contribution in [3.63, 3.8) is 0 Å². The first-order valence-electron chi connectivity index (χ1n) is 10.3. The third-order valence-electron chi connectivity index (χ3n) is 6.09. The van der Waals surface area contributed by atoms with Crippen molar-refractivity contribution in [2.75, 3.05) is 0 Å². The molecule has 3 heterocycles. The highest BCUT2D eigenvalue weighted by Crippen LogP contribution is 2.26. The molecule has 0 radical (unpaired) electrons. The summed E-state index contributed by atoms with van der Waals surface area (Å²) in [6.07, 6.45) is 8.25. The Bertz CT molecular complexity index is 937. The summed E-state index contributed by atoms with van der Waals surface area (Å²) in [4.78, 5) is 23.0. The molecule has 0 spiro atoms. The first-order valence-corrected chi connectivity index (χ1v) is 10.3. The fourth-order valence-corrected chi connectivity index (χ4v) is 4.57. The molecule has 5 rings (SSSR count). The van der Waals surface area contributed by atoms with E-state index < -0.39 is 0 Å². The molecule has 2 aromatic heterocycles. The Morgan fingerprint density at radius 1 is 1.25 bits per heavy atom. The van der Waals surface area contributed by atoms with Crippen LogP contribution in [0.5, 0.6) is 0 Å². The van der Waals surface area contributed by atoms with Crippen molar-refractivity contribution in [3.05, 3.63) is 53.8 Å². The average Bonchev–Trinajstić information content (AvgIpc) is 3.33. The van der Waals surface area contributed by atoms with Crippen molar-refractivity contribution < 1.29 is 9.21 Å². The van der Waals surface area contributed by atoms with Crippen molar-refractivity contribution in [2.24, 2.45) is 0 Å². The number of nitrogens with one attached hydrogen (secondary N) is 2. The van der Waals surface area contributed by atoms with Gasteiger partial charge in [-0.15, -0.1) is 0 Å². The summed E-state index contributed by atoms with van der Waals surface area (Å²) in [6.45, 7) is 1.28. The maximum atomic E-state index is 13.1. The maximum Gasteiger partial charge on any atom is 0.238 e. The molecular weight excluding hydrogens is 352 g/mol. The average molecular weight is 378 g/mol. The summed E-state index contributed by atoms with van der Waals surface area (Å²) in [5.41, 5.74) is 2.99. The molecule has 1 fully saturated rings. The van der Waals surface area contributed by atoms with Crippen LogP contribution in [0.15, 0.2) is 41.1 Å². The number of carbonyl (C=O) groups is 1. The highest BCUT2D eigenvalue weighted by Gasteiger charge is 2.34. The molecule has 146 valence electrons. The molecular formula is C22H26N4O2. The molecule has 3 aromatic rings. The monoisotopic (exact) mass is 378 g/mol. The Labute approximate surface area is 164 Å².